The van der Waals surface area contributed by atoms with E-state index in [0.717, 1.165) is 46.9 Å². The van der Waals surface area contributed by atoms with Crippen LogP contribution in [-0.2, 0) is 13.0 Å². The van der Waals surface area contributed by atoms with E-state index in [1.807, 2.05) is 30.5 Å². The number of pyridine rings is 1. The summed E-state index contributed by atoms with van der Waals surface area (Å²) in [6.07, 6.45) is 5.76. The van der Waals surface area contributed by atoms with Gasteiger partial charge in [0.05, 0.1) is 0 Å². The summed E-state index contributed by atoms with van der Waals surface area (Å²) >= 11 is 6.19. The zero-order valence-corrected chi connectivity index (χ0v) is 13.6. The lowest BCUT2D eigenvalue weighted by molar-refractivity contribution is 0.659. The lowest BCUT2D eigenvalue weighted by Gasteiger charge is -2.06. The normalized spacial score (nSPS) is 13.5. The molecular formula is C18H14ClN5. The lowest BCUT2D eigenvalue weighted by atomic mass is 9.99. The highest BCUT2D eigenvalue weighted by molar-refractivity contribution is 6.30. The minimum atomic E-state index is 0.721. The van der Waals surface area contributed by atoms with Gasteiger partial charge in [0.15, 0.2) is 5.65 Å². The summed E-state index contributed by atoms with van der Waals surface area (Å²) in [5.74, 6) is 0. The number of halogens is 1. The van der Waals surface area contributed by atoms with Crippen LogP contribution in [0.4, 0.5) is 0 Å². The quantitative estimate of drug-likeness (QED) is 0.559. The molecule has 0 amide bonds. The monoisotopic (exact) mass is 335 g/mol. The number of hydrogen-bond acceptors (Lipinski definition) is 3. The molecule has 0 aliphatic carbocycles. The maximum atomic E-state index is 6.19. The summed E-state index contributed by atoms with van der Waals surface area (Å²) in [6.45, 7) is 0.967. The van der Waals surface area contributed by atoms with Gasteiger partial charge in [-0.15, -0.1) is 0 Å². The van der Waals surface area contributed by atoms with Crippen LogP contribution in [0.3, 0.4) is 0 Å². The summed E-state index contributed by atoms with van der Waals surface area (Å²) in [4.78, 5) is 4.22. The molecule has 4 aromatic rings. The van der Waals surface area contributed by atoms with Crippen LogP contribution in [0.2, 0.25) is 5.02 Å². The Morgan fingerprint density at radius 2 is 2.04 bits per heavy atom. The summed E-state index contributed by atoms with van der Waals surface area (Å²) in [7, 11) is 0. The van der Waals surface area contributed by atoms with E-state index in [4.69, 9.17) is 16.7 Å². The standard InChI is InChI=1S/C18H14ClN5/c19-14-4-1-3-12(9-14)18-17(15-5-2-8-23(15)22-18)13-6-7-16-20-11-21-24(16)10-13/h1,3-4,6-7,9-11H,2,5,8H2. The van der Waals surface area contributed by atoms with Crippen molar-refractivity contribution < 1.29 is 0 Å². The highest BCUT2D eigenvalue weighted by Crippen LogP contribution is 2.37. The SMILES string of the molecule is Clc1cccc(-c2nn3c(c2-c2ccc4ncnn4c2)CCC3)c1. The number of benzene rings is 1. The molecule has 0 spiro atoms. The molecular weight excluding hydrogens is 322 g/mol. The van der Waals surface area contributed by atoms with Gasteiger partial charge in [0, 0.05) is 40.1 Å². The molecule has 1 aromatic carbocycles. The van der Waals surface area contributed by atoms with E-state index in [2.05, 4.69) is 26.9 Å². The molecule has 0 saturated carbocycles. The van der Waals surface area contributed by atoms with Gasteiger partial charge in [-0.3, -0.25) is 4.68 Å². The minimum Gasteiger partial charge on any atom is -0.268 e. The molecule has 0 fully saturated rings. The van der Waals surface area contributed by atoms with Crippen molar-refractivity contribution in [2.24, 2.45) is 0 Å². The minimum absolute atomic E-state index is 0.721. The van der Waals surface area contributed by atoms with Crippen LogP contribution < -0.4 is 0 Å². The summed E-state index contributed by atoms with van der Waals surface area (Å²) in [6, 6.07) is 12.0. The van der Waals surface area contributed by atoms with Crippen LogP contribution in [0.15, 0.2) is 48.9 Å². The average molecular weight is 336 g/mol. The fourth-order valence-electron chi connectivity index (χ4n) is 3.44. The Balaban J connectivity index is 1.77. The predicted octanol–water partition coefficient (Wildman–Crippen LogP) is 3.86. The number of nitrogens with zero attached hydrogens (tertiary/aromatic N) is 5. The molecule has 3 aromatic heterocycles. The highest BCUT2D eigenvalue weighted by atomic mass is 35.5. The van der Waals surface area contributed by atoms with Gasteiger partial charge in [-0.05, 0) is 37.1 Å². The van der Waals surface area contributed by atoms with Gasteiger partial charge in [-0.2, -0.15) is 10.2 Å². The lowest BCUT2D eigenvalue weighted by Crippen LogP contribution is -1.94. The first-order valence-corrected chi connectivity index (χ1v) is 8.33. The third kappa shape index (κ3) is 2.05. The highest BCUT2D eigenvalue weighted by Gasteiger charge is 2.24. The first-order valence-electron chi connectivity index (χ1n) is 7.95. The zero-order chi connectivity index (χ0) is 16.1. The molecule has 0 unspecified atom stereocenters. The molecule has 0 atom stereocenters. The molecule has 0 bridgehead atoms. The fourth-order valence-corrected chi connectivity index (χ4v) is 3.63. The van der Waals surface area contributed by atoms with Gasteiger partial charge in [0.1, 0.15) is 12.0 Å². The van der Waals surface area contributed by atoms with Crippen LogP contribution in [0.5, 0.6) is 0 Å². The molecule has 24 heavy (non-hydrogen) atoms. The van der Waals surface area contributed by atoms with E-state index in [0.29, 0.717) is 0 Å². The predicted molar refractivity (Wildman–Crippen MR) is 93.0 cm³/mol. The first kappa shape index (κ1) is 13.7. The van der Waals surface area contributed by atoms with Crippen LogP contribution in [-0.4, -0.2) is 24.4 Å². The van der Waals surface area contributed by atoms with Crippen molar-refractivity contribution in [1.29, 1.82) is 0 Å². The van der Waals surface area contributed by atoms with E-state index >= 15 is 0 Å². The third-order valence-electron chi connectivity index (χ3n) is 4.50. The number of aromatic nitrogens is 5. The van der Waals surface area contributed by atoms with Crippen LogP contribution >= 0.6 is 11.6 Å². The Morgan fingerprint density at radius 1 is 1.08 bits per heavy atom. The van der Waals surface area contributed by atoms with Gasteiger partial charge >= 0.3 is 0 Å². The number of hydrogen-bond donors (Lipinski definition) is 0. The van der Waals surface area contributed by atoms with Gasteiger partial charge in [-0.25, -0.2) is 9.50 Å². The molecule has 0 saturated heterocycles. The van der Waals surface area contributed by atoms with E-state index in [9.17, 15) is 0 Å². The smallest absolute Gasteiger partial charge is 0.155 e. The van der Waals surface area contributed by atoms with E-state index in [-0.39, 0.29) is 0 Å². The second kappa shape index (κ2) is 5.18. The molecule has 0 radical (unpaired) electrons. The molecule has 5 nitrogen and oxygen atoms in total. The fraction of sp³-hybridized carbons (Fsp3) is 0.167. The number of rotatable bonds is 2. The zero-order valence-electron chi connectivity index (χ0n) is 12.9. The van der Waals surface area contributed by atoms with Gasteiger partial charge in [0.2, 0.25) is 0 Å². The maximum absolute atomic E-state index is 6.19. The molecule has 5 rings (SSSR count). The summed E-state index contributed by atoms with van der Waals surface area (Å²) < 4.78 is 3.92. The Morgan fingerprint density at radius 3 is 2.96 bits per heavy atom. The number of aryl methyl sites for hydroxylation is 1. The van der Waals surface area contributed by atoms with Crippen molar-refractivity contribution >= 4 is 17.2 Å². The number of fused-ring (bicyclic) bond motifs is 2. The van der Waals surface area contributed by atoms with Crippen molar-refractivity contribution in [3.8, 4) is 22.4 Å². The van der Waals surface area contributed by atoms with Crippen LogP contribution in [0.25, 0.3) is 28.0 Å². The molecule has 1 aliphatic rings. The summed E-state index contributed by atoms with van der Waals surface area (Å²) in [5.41, 5.74) is 6.42. The van der Waals surface area contributed by atoms with Gasteiger partial charge in [-0.1, -0.05) is 23.7 Å². The van der Waals surface area contributed by atoms with E-state index in [1.165, 1.54) is 11.3 Å². The largest absolute Gasteiger partial charge is 0.268 e. The Hall–Kier alpha value is -2.66. The Kier molecular flexibility index (Phi) is 2.97. The molecule has 1 aliphatic heterocycles. The van der Waals surface area contributed by atoms with Crippen LogP contribution in [0.1, 0.15) is 12.1 Å². The second-order valence-electron chi connectivity index (χ2n) is 5.99. The topological polar surface area (TPSA) is 48.0 Å². The van der Waals surface area contributed by atoms with Crippen molar-refractivity contribution in [3.63, 3.8) is 0 Å². The van der Waals surface area contributed by atoms with Crippen molar-refractivity contribution in [1.82, 2.24) is 24.4 Å². The van der Waals surface area contributed by atoms with E-state index < -0.39 is 0 Å². The van der Waals surface area contributed by atoms with Crippen molar-refractivity contribution in [2.45, 2.75) is 19.4 Å². The Bertz CT molecular complexity index is 1060. The van der Waals surface area contributed by atoms with Crippen molar-refractivity contribution in [3.05, 3.63) is 59.6 Å². The maximum Gasteiger partial charge on any atom is 0.155 e. The second-order valence-corrected chi connectivity index (χ2v) is 6.42. The molecule has 4 heterocycles. The van der Waals surface area contributed by atoms with Crippen molar-refractivity contribution in [2.75, 3.05) is 0 Å². The molecule has 118 valence electrons. The van der Waals surface area contributed by atoms with E-state index in [1.54, 1.807) is 10.8 Å². The van der Waals surface area contributed by atoms with Gasteiger partial charge < -0.3 is 0 Å². The molecule has 6 heteroatoms. The van der Waals surface area contributed by atoms with Crippen LogP contribution in [0, 0.1) is 0 Å². The molecule has 0 N–H and O–H groups in total. The average Bonchev–Trinajstić information content (AvgIpc) is 3.29. The summed E-state index contributed by atoms with van der Waals surface area (Å²) in [5, 5.41) is 9.84. The third-order valence-corrected chi connectivity index (χ3v) is 4.74. The van der Waals surface area contributed by atoms with Gasteiger partial charge in [0.25, 0.3) is 0 Å². The first-order chi connectivity index (χ1) is 11.8. The Labute approximate surface area is 143 Å².